The van der Waals surface area contributed by atoms with Crippen molar-refractivity contribution in [3.8, 4) is 79.2 Å². The van der Waals surface area contributed by atoms with E-state index in [0.29, 0.717) is 17.7 Å². The predicted octanol–water partition coefficient (Wildman–Crippen LogP) is 20.6. The highest BCUT2D eigenvalue weighted by molar-refractivity contribution is 6.15. The largest absolute Gasteiger partial charge is 0.309 e. The van der Waals surface area contributed by atoms with Crippen molar-refractivity contribution in [1.29, 1.82) is 0 Å². The second-order valence-electron chi connectivity index (χ2n) is 22.8. The van der Waals surface area contributed by atoms with E-state index in [-0.39, 0.29) is 0 Å². The Morgan fingerprint density at radius 1 is 0.170 bits per heavy atom. The van der Waals surface area contributed by atoms with Crippen molar-refractivity contribution in [2.45, 2.75) is 0 Å². The van der Waals surface area contributed by atoms with Gasteiger partial charge in [-0.3, -0.25) is 9.13 Å². The van der Waals surface area contributed by atoms with Crippen molar-refractivity contribution in [3.05, 3.63) is 309 Å². The third-order valence-corrected chi connectivity index (χ3v) is 17.8. The molecule has 13 aromatic carbocycles. The van der Waals surface area contributed by atoms with Crippen LogP contribution in [0.15, 0.2) is 309 Å². The summed E-state index contributed by atoms with van der Waals surface area (Å²) in [6.07, 6.45) is 0. The maximum atomic E-state index is 5.61. The maximum Gasteiger partial charge on any atom is 0.240 e. The molecule has 7 heteroatoms. The number of hydrogen-bond donors (Lipinski definition) is 0. The maximum absolute atomic E-state index is 5.61. The van der Waals surface area contributed by atoms with E-state index in [2.05, 4.69) is 328 Å². The van der Waals surface area contributed by atoms with Gasteiger partial charge in [0.15, 0.2) is 5.82 Å². The van der Waals surface area contributed by atoms with Gasteiger partial charge in [0.1, 0.15) is 0 Å². The summed E-state index contributed by atoms with van der Waals surface area (Å²) in [6.45, 7) is 0. The molecule has 0 saturated carbocycles. The van der Waals surface area contributed by atoms with Gasteiger partial charge in [0.2, 0.25) is 11.9 Å². The molecule has 0 amide bonds. The van der Waals surface area contributed by atoms with E-state index in [1.165, 1.54) is 49.2 Å². The van der Waals surface area contributed by atoms with Gasteiger partial charge in [-0.25, -0.2) is 0 Å². The van der Waals surface area contributed by atoms with Crippen LogP contribution in [0.5, 0.6) is 0 Å². The van der Waals surface area contributed by atoms with Gasteiger partial charge >= 0.3 is 0 Å². The zero-order valence-electron chi connectivity index (χ0n) is 47.6. The van der Waals surface area contributed by atoms with Crippen molar-refractivity contribution in [3.63, 3.8) is 0 Å². The second kappa shape index (κ2) is 19.8. The van der Waals surface area contributed by atoms with E-state index in [0.717, 1.165) is 99.5 Å². The smallest absolute Gasteiger partial charge is 0.240 e. The molecule has 0 aliphatic carbocycles. The minimum absolute atomic E-state index is 0.524. The van der Waals surface area contributed by atoms with Crippen LogP contribution in [-0.4, -0.2) is 33.2 Å². The molecule has 0 aliphatic heterocycles. The molecule has 0 fully saturated rings. The molecule has 0 atom stereocenters. The van der Waals surface area contributed by atoms with Crippen molar-refractivity contribution in [2.75, 3.05) is 0 Å². The molecule has 5 heterocycles. The van der Waals surface area contributed by atoms with E-state index in [1.807, 2.05) is 0 Å². The molecule has 18 aromatic rings. The summed E-state index contributed by atoms with van der Waals surface area (Å²) in [5, 5.41) is 9.30. The van der Waals surface area contributed by atoms with Crippen molar-refractivity contribution in [1.82, 2.24) is 33.2 Å². The van der Waals surface area contributed by atoms with Crippen LogP contribution in [0.3, 0.4) is 0 Å². The second-order valence-corrected chi connectivity index (χ2v) is 22.8. The van der Waals surface area contributed by atoms with Gasteiger partial charge < -0.3 is 9.13 Å². The van der Waals surface area contributed by atoms with E-state index >= 15 is 0 Å². The van der Waals surface area contributed by atoms with Gasteiger partial charge in [-0.1, -0.05) is 200 Å². The third kappa shape index (κ3) is 7.88. The van der Waals surface area contributed by atoms with Crippen LogP contribution in [0, 0.1) is 0 Å². The molecule has 0 N–H and O–H groups in total. The zero-order chi connectivity index (χ0) is 57.8. The minimum Gasteiger partial charge on any atom is -0.309 e. The number of rotatable bonds is 9. The lowest BCUT2D eigenvalue weighted by Gasteiger charge is -2.13. The third-order valence-electron chi connectivity index (χ3n) is 17.8. The highest BCUT2D eigenvalue weighted by Crippen LogP contribution is 2.42. The lowest BCUT2D eigenvalue weighted by atomic mass is 9.98. The number of para-hydroxylation sites is 6. The van der Waals surface area contributed by atoms with Crippen LogP contribution >= 0.6 is 0 Å². The van der Waals surface area contributed by atoms with Crippen LogP contribution in [0.2, 0.25) is 0 Å². The first-order valence-corrected chi connectivity index (χ1v) is 29.9. The SMILES string of the molecule is c1ccc(-c2cccc(-c3cccc(-c4nc(-n5c6ccccc6c6cc(-c7ccc8c(c7)c7ccccc7n8-c7ccccc7)ccc65)nc(-n5c6ccccc6c6cc(-c7ccc8c(c7)c7ccccc7n8-c7ccccc7)ccc65)n4)c3)c2)cc1. The quantitative estimate of drug-likeness (QED) is 0.145. The topological polar surface area (TPSA) is 58.4 Å². The fraction of sp³-hybridized carbons (Fsp3) is 0. The first-order chi connectivity index (χ1) is 43.6. The molecule has 0 bridgehead atoms. The molecule has 5 aromatic heterocycles. The highest BCUT2D eigenvalue weighted by atomic mass is 15.3. The van der Waals surface area contributed by atoms with Crippen LogP contribution < -0.4 is 0 Å². The van der Waals surface area contributed by atoms with Crippen molar-refractivity contribution in [2.24, 2.45) is 0 Å². The molecular weight excluding hydrogens is 1070 g/mol. The Bertz CT molecular complexity index is 5520. The Morgan fingerprint density at radius 2 is 0.443 bits per heavy atom. The highest BCUT2D eigenvalue weighted by Gasteiger charge is 2.23. The fourth-order valence-corrected chi connectivity index (χ4v) is 13.8. The number of aromatic nitrogens is 7. The van der Waals surface area contributed by atoms with Crippen LogP contribution in [0.4, 0.5) is 0 Å². The number of nitrogens with zero attached hydrogens (tertiary/aromatic N) is 7. The number of hydrogen-bond acceptors (Lipinski definition) is 3. The molecule has 0 unspecified atom stereocenters. The van der Waals surface area contributed by atoms with Gasteiger partial charge in [-0.2, -0.15) is 15.0 Å². The minimum atomic E-state index is 0.524. The van der Waals surface area contributed by atoms with E-state index in [9.17, 15) is 0 Å². The number of benzene rings is 13. The van der Waals surface area contributed by atoms with Gasteiger partial charge in [0.05, 0.1) is 44.1 Å². The first kappa shape index (κ1) is 49.5. The van der Waals surface area contributed by atoms with Gasteiger partial charge in [-0.05, 0) is 154 Å². The average Bonchev–Trinajstić information content (AvgIpc) is 2.30. The lowest BCUT2D eigenvalue weighted by molar-refractivity contribution is 0.893. The van der Waals surface area contributed by atoms with E-state index in [4.69, 9.17) is 15.0 Å². The molecule has 88 heavy (non-hydrogen) atoms. The summed E-state index contributed by atoms with van der Waals surface area (Å²) in [7, 11) is 0. The Labute approximate surface area is 506 Å². The molecule has 18 rings (SSSR count). The van der Waals surface area contributed by atoms with Gasteiger partial charge in [0.25, 0.3) is 0 Å². The first-order valence-electron chi connectivity index (χ1n) is 29.9. The monoisotopic (exact) mass is 1120 g/mol. The van der Waals surface area contributed by atoms with Crippen molar-refractivity contribution >= 4 is 87.2 Å². The molecule has 0 saturated heterocycles. The summed E-state index contributed by atoms with van der Waals surface area (Å²) in [5.74, 6) is 1.62. The molecule has 410 valence electrons. The normalized spacial score (nSPS) is 11.9. The van der Waals surface area contributed by atoms with E-state index < -0.39 is 0 Å². The van der Waals surface area contributed by atoms with Crippen LogP contribution in [-0.2, 0) is 0 Å². The van der Waals surface area contributed by atoms with Gasteiger partial charge in [0, 0.05) is 60.0 Å². The number of fused-ring (bicyclic) bond motifs is 12. The zero-order valence-corrected chi connectivity index (χ0v) is 47.6. The van der Waals surface area contributed by atoms with Crippen LogP contribution in [0.1, 0.15) is 0 Å². The Morgan fingerprint density at radius 3 is 0.841 bits per heavy atom. The fourth-order valence-electron chi connectivity index (χ4n) is 13.8. The Balaban J connectivity index is 0.818. The summed E-state index contributed by atoms with van der Waals surface area (Å²) in [4.78, 5) is 16.7. The molecule has 0 radical (unpaired) electrons. The Kier molecular flexibility index (Phi) is 11.2. The predicted molar refractivity (Wildman–Crippen MR) is 364 cm³/mol. The lowest BCUT2D eigenvalue weighted by Crippen LogP contribution is -2.10. The Hall–Kier alpha value is -11.9. The van der Waals surface area contributed by atoms with Crippen LogP contribution in [0.25, 0.3) is 166 Å². The average molecular weight is 1120 g/mol. The van der Waals surface area contributed by atoms with Gasteiger partial charge in [-0.15, -0.1) is 0 Å². The molecular formula is C81H51N7. The summed E-state index contributed by atoms with van der Waals surface area (Å²) in [6, 6.07) is 111. The molecule has 0 aliphatic rings. The van der Waals surface area contributed by atoms with Crippen molar-refractivity contribution < 1.29 is 0 Å². The summed E-state index contributed by atoms with van der Waals surface area (Å²) >= 11 is 0. The summed E-state index contributed by atoms with van der Waals surface area (Å²) in [5.41, 5.74) is 20.9. The molecule has 0 spiro atoms. The standard InChI is InChI=1S/C81H51N7/c1-4-20-52(21-5-1)53-22-18-23-54(46-53)55-24-19-25-60(47-55)79-82-80(87-73-36-16-12-32-65(73)69-50-58(40-44-77(69)87)56-38-42-75-67(48-56)63-30-10-14-34-71(63)85(75)61-26-6-2-7-27-61)84-81(83-79)88-74-37-17-13-33-66(74)70-51-59(41-45-78(70)88)57-39-43-76-68(49-57)64-31-11-15-35-72(64)86(76)62-28-8-3-9-29-62/h1-51H. The summed E-state index contributed by atoms with van der Waals surface area (Å²) < 4.78 is 9.19. The van der Waals surface area contributed by atoms with E-state index in [1.54, 1.807) is 0 Å². The molecule has 7 nitrogen and oxygen atoms in total.